The third-order valence-corrected chi connectivity index (χ3v) is 1.74. The Balaban J connectivity index is 2.69. The number of benzene rings is 1. The maximum atomic E-state index is 12.9. The zero-order valence-corrected chi connectivity index (χ0v) is 8.52. The molecular weight excluding hydrogens is 177 g/mol. The van der Waals surface area contributed by atoms with Crippen LogP contribution in [0, 0.1) is 24.6 Å². The van der Waals surface area contributed by atoms with E-state index in [0.717, 1.165) is 17.7 Å². The van der Waals surface area contributed by atoms with Crippen molar-refractivity contribution < 1.29 is 4.39 Å². The fraction of sp³-hybridized carbons (Fsp3) is 0.333. The highest BCUT2D eigenvalue weighted by Gasteiger charge is 1.93. The van der Waals surface area contributed by atoms with Crippen LogP contribution in [0.4, 0.5) is 4.39 Å². The van der Waals surface area contributed by atoms with Crippen LogP contribution in [-0.2, 0) is 0 Å². The lowest BCUT2D eigenvalue weighted by atomic mass is 10.1. The zero-order chi connectivity index (χ0) is 10.4. The average Bonchev–Trinajstić information content (AvgIpc) is 2.11. The first-order valence-electron chi connectivity index (χ1n) is 4.69. The molecular formula is C12H14FN. The molecule has 1 nitrogen and oxygen atoms in total. The van der Waals surface area contributed by atoms with Crippen molar-refractivity contribution in [1.82, 2.24) is 5.32 Å². The molecule has 14 heavy (non-hydrogen) atoms. The molecule has 74 valence electrons. The Morgan fingerprint density at radius 2 is 2.14 bits per heavy atom. The summed E-state index contributed by atoms with van der Waals surface area (Å²) in [6, 6.07) is 4.82. The van der Waals surface area contributed by atoms with Gasteiger partial charge in [0.05, 0.1) is 6.54 Å². The highest BCUT2D eigenvalue weighted by molar-refractivity contribution is 5.37. The van der Waals surface area contributed by atoms with Gasteiger partial charge >= 0.3 is 0 Å². The molecule has 0 aliphatic heterocycles. The number of hydrogen-bond donors (Lipinski definition) is 1. The Kier molecular flexibility index (Phi) is 4.15. The number of rotatable bonds is 2. The van der Waals surface area contributed by atoms with Crippen molar-refractivity contribution in [3.63, 3.8) is 0 Å². The highest BCUT2D eigenvalue weighted by Crippen LogP contribution is 2.06. The Morgan fingerprint density at radius 1 is 1.36 bits per heavy atom. The lowest BCUT2D eigenvalue weighted by Gasteiger charge is -1.95. The fourth-order valence-electron chi connectivity index (χ4n) is 1.14. The van der Waals surface area contributed by atoms with E-state index < -0.39 is 0 Å². The van der Waals surface area contributed by atoms with E-state index in [1.54, 1.807) is 0 Å². The standard InChI is InChI=1S/C12H14FN/c1-3-14-6-4-5-11-7-10(2)8-12(13)9-11/h7-9,14H,3,6H2,1-2H3. The van der Waals surface area contributed by atoms with Crippen molar-refractivity contribution in [3.05, 3.63) is 35.1 Å². The summed E-state index contributed by atoms with van der Waals surface area (Å²) in [6.07, 6.45) is 0. The maximum Gasteiger partial charge on any atom is 0.124 e. The molecule has 0 heterocycles. The van der Waals surface area contributed by atoms with E-state index in [4.69, 9.17) is 0 Å². The molecule has 0 aliphatic carbocycles. The van der Waals surface area contributed by atoms with Crippen LogP contribution in [0.1, 0.15) is 18.1 Å². The van der Waals surface area contributed by atoms with Gasteiger partial charge in [-0.1, -0.05) is 18.8 Å². The summed E-state index contributed by atoms with van der Waals surface area (Å²) in [5.74, 6) is 5.61. The van der Waals surface area contributed by atoms with Gasteiger partial charge in [-0.2, -0.15) is 0 Å². The molecule has 0 amide bonds. The number of hydrogen-bond acceptors (Lipinski definition) is 1. The lowest BCUT2D eigenvalue weighted by molar-refractivity contribution is 0.626. The Morgan fingerprint density at radius 3 is 2.79 bits per heavy atom. The summed E-state index contributed by atoms with van der Waals surface area (Å²) in [6.45, 7) is 5.43. The largest absolute Gasteiger partial charge is 0.306 e. The van der Waals surface area contributed by atoms with Gasteiger partial charge in [0.2, 0.25) is 0 Å². The predicted molar refractivity (Wildman–Crippen MR) is 56.6 cm³/mol. The molecule has 0 radical (unpaired) electrons. The van der Waals surface area contributed by atoms with Crippen LogP contribution >= 0.6 is 0 Å². The van der Waals surface area contributed by atoms with Gasteiger partial charge in [0.25, 0.3) is 0 Å². The van der Waals surface area contributed by atoms with Crippen LogP contribution in [0.5, 0.6) is 0 Å². The molecule has 0 fully saturated rings. The molecule has 0 spiro atoms. The topological polar surface area (TPSA) is 12.0 Å². The summed E-state index contributed by atoms with van der Waals surface area (Å²) in [4.78, 5) is 0. The van der Waals surface area contributed by atoms with E-state index in [2.05, 4.69) is 17.2 Å². The molecule has 0 atom stereocenters. The SMILES string of the molecule is CCNCC#Cc1cc(C)cc(F)c1. The minimum atomic E-state index is -0.224. The Labute approximate surface area is 84.3 Å². The molecule has 1 N–H and O–H groups in total. The number of aryl methyl sites for hydroxylation is 1. The second kappa shape index (κ2) is 5.41. The second-order valence-electron chi connectivity index (χ2n) is 3.10. The average molecular weight is 191 g/mol. The smallest absolute Gasteiger partial charge is 0.124 e. The third-order valence-electron chi connectivity index (χ3n) is 1.74. The first-order valence-corrected chi connectivity index (χ1v) is 4.69. The first kappa shape index (κ1) is 10.7. The van der Waals surface area contributed by atoms with E-state index in [1.807, 2.05) is 19.9 Å². The summed E-state index contributed by atoms with van der Waals surface area (Å²) in [7, 11) is 0. The molecule has 0 unspecified atom stereocenters. The fourth-order valence-corrected chi connectivity index (χ4v) is 1.14. The van der Waals surface area contributed by atoms with Gasteiger partial charge in [0.15, 0.2) is 0 Å². The third kappa shape index (κ3) is 3.59. The van der Waals surface area contributed by atoms with Gasteiger partial charge in [0, 0.05) is 5.56 Å². The monoisotopic (exact) mass is 191 g/mol. The van der Waals surface area contributed by atoms with Crippen LogP contribution in [0.15, 0.2) is 18.2 Å². The molecule has 0 aromatic heterocycles. The highest BCUT2D eigenvalue weighted by atomic mass is 19.1. The normalized spacial score (nSPS) is 9.36. The van der Waals surface area contributed by atoms with Crippen LogP contribution in [0.3, 0.4) is 0 Å². The van der Waals surface area contributed by atoms with Crippen LogP contribution in [0.25, 0.3) is 0 Å². The molecule has 1 aromatic carbocycles. The van der Waals surface area contributed by atoms with E-state index in [1.165, 1.54) is 12.1 Å². The second-order valence-corrected chi connectivity index (χ2v) is 3.10. The summed E-state index contributed by atoms with van der Waals surface area (Å²) < 4.78 is 12.9. The molecule has 0 aliphatic rings. The van der Waals surface area contributed by atoms with Crippen molar-refractivity contribution in [3.8, 4) is 11.8 Å². The van der Waals surface area contributed by atoms with Crippen molar-refractivity contribution in [2.45, 2.75) is 13.8 Å². The molecule has 0 saturated carbocycles. The molecule has 1 rings (SSSR count). The minimum Gasteiger partial charge on any atom is -0.306 e. The summed E-state index contributed by atoms with van der Waals surface area (Å²) >= 11 is 0. The van der Waals surface area contributed by atoms with Crippen LogP contribution < -0.4 is 5.32 Å². The Hall–Kier alpha value is -1.33. The van der Waals surface area contributed by atoms with Gasteiger partial charge in [-0.3, -0.25) is 0 Å². The van der Waals surface area contributed by atoms with E-state index >= 15 is 0 Å². The lowest BCUT2D eigenvalue weighted by Crippen LogP contribution is -2.11. The van der Waals surface area contributed by atoms with E-state index in [-0.39, 0.29) is 5.82 Å². The summed E-state index contributed by atoms with van der Waals surface area (Å²) in [5.41, 5.74) is 1.64. The minimum absolute atomic E-state index is 0.224. The zero-order valence-electron chi connectivity index (χ0n) is 8.52. The maximum absolute atomic E-state index is 12.9. The Bertz CT molecular complexity index is 340. The quantitative estimate of drug-likeness (QED) is 0.557. The van der Waals surface area contributed by atoms with Gasteiger partial charge in [-0.05, 0) is 37.2 Å². The van der Waals surface area contributed by atoms with Gasteiger partial charge in [-0.15, -0.1) is 0 Å². The van der Waals surface area contributed by atoms with Crippen molar-refractivity contribution in [1.29, 1.82) is 0 Å². The molecule has 0 saturated heterocycles. The van der Waals surface area contributed by atoms with Gasteiger partial charge in [0.1, 0.15) is 5.82 Å². The molecule has 1 aromatic rings. The number of halogens is 1. The van der Waals surface area contributed by atoms with E-state index in [0.29, 0.717) is 6.54 Å². The summed E-state index contributed by atoms with van der Waals surface area (Å²) in [5, 5.41) is 3.08. The van der Waals surface area contributed by atoms with Crippen LogP contribution in [0.2, 0.25) is 0 Å². The van der Waals surface area contributed by atoms with Crippen LogP contribution in [-0.4, -0.2) is 13.1 Å². The van der Waals surface area contributed by atoms with Gasteiger partial charge < -0.3 is 5.32 Å². The van der Waals surface area contributed by atoms with Crippen molar-refractivity contribution >= 4 is 0 Å². The van der Waals surface area contributed by atoms with Crippen molar-refractivity contribution in [2.24, 2.45) is 0 Å². The van der Waals surface area contributed by atoms with Gasteiger partial charge in [-0.25, -0.2) is 4.39 Å². The number of nitrogens with one attached hydrogen (secondary N) is 1. The van der Waals surface area contributed by atoms with E-state index in [9.17, 15) is 4.39 Å². The molecule has 0 bridgehead atoms. The first-order chi connectivity index (χ1) is 6.72. The van der Waals surface area contributed by atoms with Crippen molar-refractivity contribution in [2.75, 3.05) is 13.1 Å². The predicted octanol–water partition coefficient (Wildman–Crippen LogP) is 2.10. The molecule has 2 heteroatoms.